The fourth-order valence-electron chi connectivity index (χ4n) is 1.69. The molecular weight excluding hydrogens is 326 g/mol. The van der Waals surface area contributed by atoms with Gasteiger partial charge in [-0.25, -0.2) is 8.42 Å². The minimum absolute atomic E-state index is 0.150. The van der Waals surface area contributed by atoms with E-state index in [1.54, 1.807) is 31.4 Å². The third-order valence-corrected chi connectivity index (χ3v) is 4.44. The van der Waals surface area contributed by atoms with Gasteiger partial charge in [-0.1, -0.05) is 11.6 Å². The molecule has 0 heterocycles. The molecule has 0 bridgehead atoms. The molecule has 0 aliphatic heterocycles. The molecule has 0 aromatic heterocycles. The highest BCUT2D eigenvalue weighted by molar-refractivity contribution is 7.92. The van der Waals surface area contributed by atoms with Gasteiger partial charge in [0.15, 0.2) is 0 Å². The minimum Gasteiger partial charge on any atom is -0.491 e. The van der Waals surface area contributed by atoms with E-state index in [4.69, 9.17) is 21.1 Å². The summed E-state index contributed by atoms with van der Waals surface area (Å²) in [5.41, 5.74) is 0.453. The van der Waals surface area contributed by atoms with E-state index in [1.807, 2.05) is 0 Å². The lowest BCUT2D eigenvalue weighted by molar-refractivity contribution is 0.146. The Balaban J connectivity index is 2.05. The number of anilines is 1. The quantitative estimate of drug-likeness (QED) is 0.786. The van der Waals surface area contributed by atoms with Crippen molar-refractivity contribution in [2.75, 3.05) is 25.0 Å². The van der Waals surface area contributed by atoms with Gasteiger partial charge in [-0.2, -0.15) is 0 Å². The van der Waals surface area contributed by atoms with Crippen molar-refractivity contribution in [1.82, 2.24) is 0 Å². The van der Waals surface area contributed by atoms with Crippen molar-refractivity contribution in [3.8, 4) is 5.75 Å². The third kappa shape index (κ3) is 4.62. The lowest BCUT2D eigenvalue weighted by atomic mass is 10.3. The summed E-state index contributed by atoms with van der Waals surface area (Å²) in [6.45, 7) is 0.928. The molecule has 0 spiro atoms. The number of halogens is 1. The van der Waals surface area contributed by atoms with Crippen LogP contribution >= 0.6 is 11.6 Å². The molecule has 0 aliphatic carbocycles. The summed E-state index contributed by atoms with van der Waals surface area (Å²) in [5, 5.41) is 0.483. The van der Waals surface area contributed by atoms with Crippen LogP contribution in [0.3, 0.4) is 0 Å². The number of hydrogen-bond acceptors (Lipinski definition) is 4. The van der Waals surface area contributed by atoms with Crippen molar-refractivity contribution < 1.29 is 17.9 Å². The zero-order valence-electron chi connectivity index (χ0n) is 12.0. The second-order valence-corrected chi connectivity index (χ2v) is 6.54. The number of benzene rings is 2. The normalized spacial score (nSPS) is 11.2. The van der Waals surface area contributed by atoms with E-state index in [9.17, 15) is 8.42 Å². The van der Waals surface area contributed by atoms with Crippen LogP contribution in [0.25, 0.3) is 0 Å². The van der Waals surface area contributed by atoms with Crippen molar-refractivity contribution in [3.05, 3.63) is 53.6 Å². The molecule has 0 fully saturated rings. The van der Waals surface area contributed by atoms with E-state index >= 15 is 0 Å². The van der Waals surface area contributed by atoms with Crippen molar-refractivity contribution in [3.63, 3.8) is 0 Å². The first-order valence-corrected chi connectivity index (χ1v) is 8.37. The molecule has 1 N–H and O–H groups in total. The van der Waals surface area contributed by atoms with Gasteiger partial charge in [0.25, 0.3) is 10.0 Å². The van der Waals surface area contributed by atoms with Crippen LogP contribution < -0.4 is 9.46 Å². The van der Waals surface area contributed by atoms with Crippen molar-refractivity contribution in [2.24, 2.45) is 0 Å². The summed E-state index contributed by atoms with van der Waals surface area (Å²) in [4.78, 5) is 0.150. The van der Waals surface area contributed by atoms with E-state index in [2.05, 4.69) is 4.72 Å². The van der Waals surface area contributed by atoms with E-state index in [0.717, 1.165) is 0 Å². The summed E-state index contributed by atoms with van der Waals surface area (Å²) in [6, 6.07) is 12.6. The van der Waals surface area contributed by atoms with Crippen LogP contribution in [0.5, 0.6) is 5.75 Å². The first-order valence-electron chi connectivity index (χ1n) is 6.51. The highest BCUT2D eigenvalue weighted by Gasteiger charge is 2.13. The molecule has 0 aliphatic rings. The average Bonchev–Trinajstić information content (AvgIpc) is 2.49. The van der Waals surface area contributed by atoms with E-state index < -0.39 is 10.0 Å². The molecule has 0 atom stereocenters. The molecule has 118 valence electrons. The lowest BCUT2D eigenvalue weighted by Crippen LogP contribution is -2.12. The second-order valence-electron chi connectivity index (χ2n) is 4.43. The predicted octanol–water partition coefficient (Wildman–Crippen LogP) is 3.17. The highest BCUT2D eigenvalue weighted by atomic mass is 35.5. The number of rotatable bonds is 7. The van der Waals surface area contributed by atoms with Crippen LogP contribution in [-0.2, 0) is 14.8 Å². The Hall–Kier alpha value is -1.76. The van der Waals surface area contributed by atoms with Crippen LogP contribution in [0.2, 0.25) is 5.02 Å². The molecule has 2 rings (SSSR count). The third-order valence-electron chi connectivity index (χ3n) is 2.79. The van der Waals surface area contributed by atoms with Gasteiger partial charge in [-0.3, -0.25) is 4.72 Å². The topological polar surface area (TPSA) is 64.6 Å². The van der Waals surface area contributed by atoms with Gasteiger partial charge in [0.1, 0.15) is 12.4 Å². The highest BCUT2D eigenvalue weighted by Crippen LogP contribution is 2.20. The van der Waals surface area contributed by atoms with Gasteiger partial charge in [0.2, 0.25) is 0 Å². The van der Waals surface area contributed by atoms with E-state index in [-0.39, 0.29) is 4.90 Å². The largest absolute Gasteiger partial charge is 0.491 e. The van der Waals surface area contributed by atoms with Crippen LogP contribution in [0.4, 0.5) is 5.69 Å². The zero-order chi connectivity index (χ0) is 16.0. The molecule has 0 radical (unpaired) electrons. The first-order chi connectivity index (χ1) is 10.5. The smallest absolute Gasteiger partial charge is 0.261 e. The van der Waals surface area contributed by atoms with Gasteiger partial charge >= 0.3 is 0 Å². The molecule has 0 amide bonds. The van der Waals surface area contributed by atoms with Crippen molar-refractivity contribution in [1.29, 1.82) is 0 Å². The summed E-state index contributed by atoms with van der Waals surface area (Å²) in [6.07, 6.45) is 0. The molecule has 7 heteroatoms. The summed E-state index contributed by atoms with van der Waals surface area (Å²) in [7, 11) is -2.04. The lowest BCUT2D eigenvalue weighted by Gasteiger charge is -2.09. The fraction of sp³-hybridized carbons (Fsp3) is 0.200. The fourth-order valence-corrected chi connectivity index (χ4v) is 2.87. The van der Waals surface area contributed by atoms with Gasteiger partial charge in [0.05, 0.1) is 11.5 Å². The molecule has 5 nitrogen and oxygen atoms in total. The monoisotopic (exact) mass is 341 g/mol. The second kappa shape index (κ2) is 7.49. The van der Waals surface area contributed by atoms with E-state index in [0.29, 0.717) is 29.7 Å². The average molecular weight is 342 g/mol. The Morgan fingerprint density at radius 3 is 2.23 bits per heavy atom. The number of sulfonamides is 1. The Bertz CT molecular complexity index is 699. The summed E-state index contributed by atoms with van der Waals surface area (Å²) >= 11 is 5.75. The Labute approximate surface area is 134 Å². The maximum atomic E-state index is 12.2. The minimum atomic E-state index is -3.63. The Morgan fingerprint density at radius 2 is 1.64 bits per heavy atom. The van der Waals surface area contributed by atoms with Crippen molar-refractivity contribution >= 4 is 27.3 Å². The van der Waals surface area contributed by atoms with E-state index in [1.165, 1.54) is 24.3 Å². The number of methoxy groups -OCH3 is 1. The number of ether oxygens (including phenoxy) is 2. The molecule has 2 aromatic rings. The predicted molar refractivity (Wildman–Crippen MR) is 86.1 cm³/mol. The first kappa shape index (κ1) is 16.6. The molecular formula is C15H16ClNO4S. The molecule has 22 heavy (non-hydrogen) atoms. The summed E-state index contributed by atoms with van der Waals surface area (Å²) in [5.74, 6) is 0.645. The van der Waals surface area contributed by atoms with Crippen LogP contribution in [0, 0.1) is 0 Å². The van der Waals surface area contributed by atoms with Crippen molar-refractivity contribution in [2.45, 2.75) is 4.90 Å². The zero-order valence-corrected chi connectivity index (χ0v) is 13.5. The number of nitrogens with one attached hydrogen (secondary N) is 1. The van der Waals surface area contributed by atoms with Crippen LogP contribution in [0.1, 0.15) is 0 Å². The molecule has 2 aromatic carbocycles. The molecule has 0 unspecified atom stereocenters. The maximum absolute atomic E-state index is 12.2. The Morgan fingerprint density at radius 1 is 1.00 bits per heavy atom. The summed E-state index contributed by atoms with van der Waals surface area (Å²) < 4.78 is 37.2. The molecule has 0 saturated carbocycles. The van der Waals surface area contributed by atoms with Gasteiger partial charge in [0, 0.05) is 17.8 Å². The SMILES string of the molecule is COCCOc1ccc(NS(=O)(=O)c2ccc(Cl)cc2)cc1. The maximum Gasteiger partial charge on any atom is 0.261 e. The van der Waals surface area contributed by atoms with Crippen LogP contribution in [0.15, 0.2) is 53.4 Å². The van der Waals surface area contributed by atoms with Gasteiger partial charge in [-0.05, 0) is 48.5 Å². The van der Waals surface area contributed by atoms with Gasteiger partial charge in [-0.15, -0.1) is 0 Å². The van der Waals surface area contributed by atoms with Crippen LogP contribution in [-0.4, -0.2) is 28.7 Å². The standard InChI is InChI=1S/C15H16ClNO4S/c1-20-10-11-21-14-6-4-13(5-7-14)17-22(18,19)15-8-2-12(16)3-9-15/h2-9,17H,10-11H2,1H3. The molecule has 0 saturated heterocycles. The number of hydrogen-bond donors (Lipinski definition) is 1. The Kier molecular flexibility index (Phi) is 5.65. The van der Waals surface area contributed by atoms with Gasteiger partial charge < -0.3 is 9.47 Å².